The third kappa shape index (κ3) is 2.22. The van der Waals surface area contributed by atoms with Crippen molar-refractivity contribution in [2.45, 2.75) is 49.6 Å². The summed E-state index contributed by atoms with van der Waals surface area (Å²) in [6.07, 6.45) is 3.85. The van der Waals surface area contributed by atoms with Crippen LogP contribution in [0.3, 0.4) is 0 Å². The lowest BCUT2D eigenvalue weighted by Gasteiger charge is -2.29. The molecule has 3 rings (SSSR count). The molecule has 1 heterocycles. The average molecular weight is 319 g/mol. The molecule has 0 amide bonds. The highest BCUT2D eigenvalue weighted by Crippen LogP contribution is 2.50. The van der Waals surface area contributed by atoms with Crippen LogP contribution in [0.5, 0.6) is 0 Å². The molecule has 0 N–H and O–H groups in total. The average Bonchev–Trinajstić information content (AvgIpc) is 2.56. The second-order valence-electron chi connectivity index (χ2n) is 5.62. The molecule has 0 aromatic heterocycles. The van der Waals surface area contributed by atoms with Crippen molar-refractivity contribution in [2.75, 3.05) is 4.31 Å². The molecule has 0 unspecified atom stereocenters. The SMILES string of the molecule is O=S(=O)(N1c2ccccc2[C@H]2CCCCC[C@@H]21)C(F)(F)F. The van der Waals surface area contributed by atoms with Crippen molar-refractivity contribution in [2.24, 2.45) is 0 Å². The summed E-state index contributed by atoms with van der Waals surface area (Å²) in [6.45, 7) is 0. The Balaban J connectivity index is 2.15. The summed E-state index contributed by atoms with van der Waals surface area (Å²) >= 11 is 0. The maximum atomic E-state index is 13.0. The summed E-state index contributed by atoms with van der Waals surface area (Å²) in [6, 6.07) is 5.97. The standard InChI is InChI=1S/C14H16F3NO2S/c15-14(16,17)21(19,20)18-12-8-3-1-2-6-10(12)11-7-4-5-9-13(11)18/h4-5,7,9-10,12H,1-3,6,8H2/t10-,12+/m1/s1. The van der Waals surface area contributed by atoms with Crippen molar-refractivity contribution in [3.63, 3.8) is 0 Å². The zero-order chi connectivity index (χ0) is 15.3. The van der Waals surface area contributed by atoms with Gasteiger partial charge in [0.05, 0.1) is 11.7 Å². The smallest absolute Gasteiger partial charge is 0.259 e. The van der Waals surface area contributed by atoms with Crippen LogP contribution in [0.4, 0.5) is 18.9 Å². The van der Waals surface area contributed by atoms with Crippen LogP contribution in [0.2, 0.25) is 0 Å². The van der Waals surface area contributed by atoms with Gasteiger partial charge in [0.15, 0.2) is 0 Å². The first-order valence-corrected chi connectivity index (χ1v) is 8.47. The van der Waals surface area contributed by atoms with E-state index in [-0.39, 0.29) is 11.6 Å². The van der Waals surface area contributed by atoms with Crippen LogP contribution < -0.4 is 4.31 Å². The third-order valence-electron chi connectivity index (χ3n) is 4.41. The first-order chi connectivity index (χ1) is 9.84. The van der Waals surface area contributed by atoms with Gasteiger partial charge in [0.25, 0.3) is 0 Å². The lowest BCUT2D eigenvalue weighted by Crippen LogP contribution is -2.45. The van der Waals surface area contributed by atoms with Gasteiger partial charge in [-0.3, -0.25) is 4.31 Å². The van der Waals surface area contributed by atoms with Crippen LogP contribution in [-0.2, 0) is 10.0 Å². The highest BCUT2D eigenvalue weighted by molar-refractivity contribution is 7.93. The van der Waals surface area contributed by atoms with E-state index in [4.69, 9.17) is 0 Å². The van der Waals surface area contributed by atoms with Gasteiger partial charge < -0.3 is 0 Å². The molecule has 21 heavy (non-hydrogen) atoms. The second-order valence-corrected chi connectivity index (χ2v) is 7.42. The molecule has 1 saturated carbocycles. The minimum absolute atomic E-state index is 0.124. The Morgan fingerprint density at radius 3 is 2.43 bits per heavy atom. The number of nitrogens with zero attached hydrogens (tertiary/aromatic N) is 1. The molecule has 0 spiro atoms. The first-order valence-electron chi connectivity index (χ1n) is 7.03. The topological polar surface area (TPSA) is 37.4 Å². The molecule has 1 fully saturated rings. The van der Waals surface area contributed by atoms with Crippen LogP contribution in [0.1, 0.15) is 43.6 Å². The number of alkyl halides is 3. The number of fused-ring (bicyclic) bond motifs is 3. The van der Waals surface area contributed by atoms with Crippen molar-refractivity contribution in [3.8, 4) is 0 Å². The number of anilines is 1. The summed E-state index contributed by atoms with van der Waals surface area (Å²) in [5.41, 5.74) is -4.33. The van der Waals surface area contributed by atoms with Gasteiger partial charge in [-0.15, -0.1) is 0 Å². The van der Waals surface area contributed by atoms with Gasteiger partial charge in [-0.2, -0.15) is 21.6 Å². The van der Waals surface area contributed by atoms with E-state index in [9.17, 15) is 21.6 Å². The van der Waals surface area contributed by atoms with Crippen LogP contribution in [0, 0.1) is 0 Å². The fourth-order valence-corrected chi connectivity index (χ4v) is 4.79. The molecule has 0 radical (unpaired) electrons. The monoisotopic (exact) mass is 319 g/mol. The maximum Gasteiger partial charge on any atom is 0.516 e. The van der Waals surface area contributed by atoms with Gasteiger partial charge in [-0.1, -0.05) is 37.5 Å². The zero-order valence-electron chi connectivity index (χ0n) is 11.3. The molecular formula is C14H16F3NO2S. The highest BCUT2D eigenvalue weighted by atomic mass is 32.2. The van der Waals surface area contributed by atoms with E-state index in [0.717, 1.165) is 31.2 Å². The number of benzene rings is 1. The van der Waals surface area contributed by atoms with Gasteiger partial charge in [-0.25, -0.2) is 0 Å². The van der Waals surface area contributed by atoms with Gasteiger partial charge in [-0.05, 0) is 24.5 Å². The molecule has 1 aromatic carbocycles. The van der Waals surface area contributed by atoms with Gasteiger partial charge in [0, 0.05) is 5.92 Å². The van der Waals surface area contributed by atoms with E-state index in [0.29, 0.717) is 10.7 Å². The molecular weight excluding hydrogens is 303 g/mol. The fourth-order valence-electron chi connectivity index (χ4n) is 3.53. The maximum absolute atomic E-state index is 13.0. The van der Waals surface area contributed by atoms with E-state index in [2.05, 4.69) is 0 Å². The summed E-state index contributed by atoms with van der Waals surface area (Å²) < 4.78 is 63.6. The van der Waals surface area contributed by atoms with Crippen LogP contribution in [0.25, 0.3) is 0 Å². The lowest BCUT2D eigenvalue weighted by atomic mass is 9.91. The first kappa shape index (κ1) is 14.7. The van der Waals surface area contributed by atoms with Gasteiger partial charge >= 0.3 is 15.5 Å². The Labute approximate surface area is 121 Å². The van der Waals surface area contributed by atoms with Crippen molar-refractivity contribution in [1.29, 1.82) is 0 Å². The summed E-state index contributed by atoms with van der Waals surface area (Å²) in [7, 11) is -5.34. The Morgan fingerprint density at radius 2 is 1.71 bits per heavy atom. The normalized spacial score (nSPS) is 26.1. The number of rotatable bonds is 1. The predicted octanol–water partition coefficient (Wildman–Crippen LogP) is 3.77. The lowest BCUT2D eigenvalue weighted by molar-refractivity contribution is -0.0440. The number of sulfonamides is 1. The van der Waals surface area contributed by atoms with Crippen molar-refractivity contribution >= 4 is 15.7 Å². The zero-order valence-corrected chi connectivity index (χ0v) is 12.1. The van der Waals surface area contributed by atoms with Crippen molar-refractivity contribution in [3.05, 3.63) is 29.8 Å². The third-order valence-corrected chi connectivity index (χ3v) is 5.98. The Bertz CT molecular complexity index is 642. The van der Waals surface area contributed by atoms with Crippen molar-refractivity contribution < 1.29 is 21.6 Å². The number of para-hydroxylation sites is 1. The van der Waals surface area contributed by atoms with E-state index < -0.39 is 21.6 Å². The molecule has 0 saturated heterocycles. The Kier molecular flexibility index (Phi) is 3.43. The van der Waals surface area contributed by atoms with Gasteiger partial charge in [0.2, 0.25) is 0 Å². The second kappa shape index (κ2) is 4.90. The van der Waals surface area contributed by atoms with E-state index >= 15 is 0 Å². The number of hydrogen-bond donors (Lipinski definition) is 0. The number of hydrogen-bond acceptors (Lipinski definition) is 2. The Hall–Kier alpha value is -1.24. The molecule has 1 aliphatic heterocycles. The van der Waals surface area contributed by atoms with E-state index in [1.807, 2.05) is 0 Å². The fraction of sp³-hybridized carbons (Fsp3) is 0.571. The summed E-state index contributed by atoms with van der Waals surface area (Å²) in [5, 5.41) is 0. The van der Waals surface area contributed by atoms with Crippen LogP contribution in [0.15, 0.2) is 24.3 Å². The molecule has 116 valence electrons. The molecule has 1 aromatic rings. The van der Waals surface area contributed by atoms with Crippen molar-refractivity contribution in [1.82, 2.24) is 0 Å². The molecule has 1 aliphatic carbocycles. The molecule has 2 aliphatic rings. The number of halogens is 3. The molecule has 3 nitrogen and oxygen atoms in total. The Morgan fingerprint density at radius 1 is 1.05 bits per heavy atom. The van der Waals surface area contributed by atoms with E-state index in [1.165, 1.54) is 6.07 Å². The largest absolute Gasteiger partial charge is 0.516 e. The van der Waals surface area contributed by atoms with Crippen LogP contribution in [-0.4, -0.2) is 20.0 Å². The van der Waals surface area contributed by atoms with Gasteiger partial charge in [0.1, 0.15) is 0 Å². The predicted molar refractivity (Wildman–Crippen MR) is 73.5 cm³/mol. The quantitative estimate of drug-likeness (QED) is 0.790. The molecule has 2 atom stereocenters. The minimum Gasteiger partial charge on any atom is -0.259 e. The molecule has 7 heteroatoms. The minimum atomic E-state index is -5.34. The van der Waals surface area contributed by atoms with Crippen LogP contribution >= 0.6 is 0 Å². The summed E-state index contributed by atoms with van der Waals surface area (Å²) in [5.74, 6) is -0.124. The highest BCUT2D eigenvalue weighted by Gasteiger charge is 2.56. The summed E-state index contributed by atoms with van der Waals surface area (Å²) in [4.78, 5) is 0. The van der Waals surface area contributed by atoms with E-state index in [1.54, 1.807) is 18.2 Å². The molecule has 0 bridgehead atoms.